The van der Waals surface area contributed by atoms with Crippen molar-refractivity contribution in [3.63, 3.8) is 0 Å². The molecule has 0 unspecified atom stereocenters. The Balaban J connectivity index is 1.50. The smallest absolute Gasteiger partial charge is 0.325 e. The number of hydrogen-bond acceptors (Lipinski definition) is 3. The lowest BCUT2D eigenvalue weighted by Crippen LogP contribution is -2.40. The van der Waals surface area contributed by atoms with Crippen molar-refractivity contribution in [1.82, 2.24) is 10.2 Å². The molecule has 0 aromatic heterocycles. The van der Waals surface area contributed by atoms with Gasteiger partial charge >= 0.3 is 6.03 Å². The van der Waals surface area contributed by atoms with Gasteiger partial charge in [0.05, 0.1) is 12.8 Å². The van der Waals surface area contributed by atoms with Crippen LogP contribution < -0.4 is 15.0 Å². The summed E-state index contributed by atoms with van der Waals surface area (Å²) in [5, 5.41) is 2.80. The van der Waals surface area contributed by atoms with Crippen molar-refractivity contribution in [2.45, 2.75) is 6.42 Å². The number of nitrogens with zero attached hydrogens (tertiary/aromatic N) is 2. The van der Waals surface area contributed by atoms with Crippen LogP contribution in [0.2, 0.25) is 0 Å². The Kier molecular flexibility index (Phi) is 5.90. The Labute approximate surface area is 157 Å². The topological polar surface area (TPSA) is 61.9 Å². The standard InChI is InChI=1S/C20H22FN3O3/c1-27-18-5-3-2-4-17(18)24-13-12-23(20(24)26)14-19(25)22-11-10-15-6-8-16(21)9-7-15/h2-9H,10-14H2,1H3,(H,22,25). The summed E-state index contributed by atoms with van der Waals surface area (Å²) < 4.78 is 18.2. The monoisotopic (exact) mass is 371 g/mol. The number of para-hydroxylation sites is 2. The fraction of sp³-hybridized carbons (Fsp3) is 0.300. The summed E-state index contributed by atoms with van der Waals surface area (Å²) in [6.45, 7) is 1.42. The molecule has 0 radical (unpaired) electrons. The Hall–Kier alpha value is -3.09. The van der Waals surface area contributed by atoms with E-state index in [0.717, 1.165) is 5.56 Å². The maximum absolute atomic E-state index is 12.9. The van der Waals surface area contributed by atoms with Crippen molar-refractivity contribution in [2.24, 2.45) is 0 Å². The van der Waals surface area contributed by atoms with E-state index in [-0.39, 0.29) is 24.3 Å². The highest BCUT2D eigenvalue weighted by Gasteiger charge is 2.32. The third-order valence-electron chi connectivity index (χ3n) is 4.45. The number of nitrogens with one attached hydrogen (secondary N) is 1. The summed E-state index contributed by atoms with van der Waals surface area (Å²) in [5.41, 5.74) is 1.64. The Bertz CT molecular complexity index is 810. The van der Waals surface area contributed by atoms with Crippen LogP contribution in [-0.2, 0) is 11.2 Å². The van der Waals surface area contributed by atoms with E-state index in [0.29, 0.717) is 37.5 Å². The van der Waals surface area contributed by atoms with Gasteiger partial charge in [0.15, 0.2) is 0 Å². The molecule has 0 spiro atoms. The van der Waals surface area contributed by atoms with Gasteiger partial charge in [0.2, 0.25) is 5.91 Å². The van der Waals surface area contributed by atoms with Crippen molar-refractivity contribution < 1.29 is 18.7 Å². The minimum atomic E-state index is -0.282. The molecule has 1 aliphatic heterocycles. The number of halogens is 1. The molecule has 1 fully saturated rings. The normalized spacial score (nSPS) is 13.8. The number of ether oxygens (including phenoxy) is 1. The van der Waals surface area contributed by atoms with Crippen LogP contribution in [0.3, 0.4) is 0 Å². The molecule has 0 bridgehead atoms. The molecule has 7 heteroatoms. The van der Waals surface area contributed by atoms with Crippen LogP contribution in [-0.4, -0.2) is 50.1 Å². The number of urea groups is 1. The molecule has 1 saturated heterocycles. The molecule has 27 heavy (non-hydrogen) atoms. The van der Waals surface area contributed by atoms with E-state index in [9.17, 15) is 14.0 Å². The van der Waals surface area contributed by atoms with Crippen molar-refractivity contribution in [2.75, 3.05) is 38.2 Å². The van der Waals surface area contributed by atoms with Crippen LogP contribution in [0, 0.1) is 5.82 Å². The molecule has 1 N–H and O–H groups in total. The van der Waals surface area contributed by atoms with E-state index in [4.69, 9.17) is 4.74 Å². The van der Waals surface area contributed by atoms with Crippen molar-refractivity contribution in [3.8, 4) is 5.75 Å². The lowest BCUT2D eigenvalue weighted by molar-refractivity contribution is -0.121. The highest BCUT2D eigenvalue weighted by atomic mass is 19.1. The van der Waals surface area contributed by atoms with Crippen LogP contribution >= 0.6 is 0 Å². The number of rotatable bonds is 7. The van der Waals surface area contributed by atoms with Crippen molar-refractivity contribution in [1.29, 1.82) is 0 Å². The molecular weight excluding hydrogens is 349 g/mol. The maximum atomic E-state index is 12.9. The van der Waals surface area contributed by atoms with E-state index in [2.05, 4.69) is 5.32 Å². The van der Waals surface area contributed by atoms with Gasteiger partial charge in [-0.3, -0.25) is 9.69 Å². The second kappa shape index (κ2) is 8.53. The average molecular weight is 371 g/mol. The first-order valence-electron chi connectivity index (χ1n) is 8.79. The SMILES string of the molecule is COc1ccccc1N1CCN(CC(=O)NCCc2ccc(F)cc2)C1=O. The summed E-state index contributed by atoms with van der Waals surface area (Å²) in [6.07, 6.45) is 0.604. The molecule has 0 saturated carbocycles. The summed E-state index contributed by atoms with van der Waals surface area (Å²) in [7, 11) is 1.56. The van der Waals surface area contributed by atoms with Crippen LogP contribution in [0.25, 0.3) is 0 Å². The van der Waals surface area contributed by atoms with E-state index >= 15 is 0 Å². The third-order valence-corrected chi connectivity index (χ3v) is 4.45. The third kappa shape index (κ3) is 4.55. The first-order valence-corrected chi connectivity index (χ1v) is 8.79. The Morgan fingerprint density at radius 2 is 1.89 bits per heavy atom. The Morgan fingerprint density at radius 1 is 1.15 bits per heavy atom. The molecule has 3 amide bonds. The highest BCUT2D eigenvalue weighted by molar-refractivity contribution is 5.97. The molecular formula is C20H22FN3O3. The zero-order valence-electron chi connectivity index (χ0n) is 15.2. The fourth-order valence-electron chi connectivity index (χ4n) is 3.03. The van der Waals surface area contributed by atoms with Crippen LogP contribution in [0.4, 0.5) is 14.9 Å². The number of carbonyl (C=O) groups is 2. The van der Waals surface area contributed by atoms with Crippen LogP contribution in [0.1, 0.15) is 5.56 Å². The lowest BCUT2D eigenvalue weighted by Gasteiger charge is -2.20. The number of anilines is 1. The second-order valence-corrected chi connectivity index (χ2v) is 6.25. The van der Waals surface area contributed by atoms with Gasteiger partial charge in [-0.05, 0) is 36.2 Å². The number of amides is 3. The first-order chi connectivity index (χ1) is 13.1. The number of benzene rings is 2. The van der Waals surface area contributed by atoms with Gasteiger partial charge in [-0.25, -0.2) is 9.18 Å². The zero-order chi connectivity index (χ0) is 19.2. The largest absolute Gasteiger partial charge is 0.495 e. The van der Waals surface area contributed by atoms with Gasteiger partial charge in [-0.1, -0.05) is 24.3 Å². The van der Waals surface area contributed by atoms with E-state index < -0.39 is 0 Å². The molecule has 0 atom stereocenters. The van der Waals surface area contributed by atoms with Crippen molar-refractivity contribution in [3.05, 3.63) is 59.9 Å². The van der Waals surface area contributed by atoms with Gasteiger partial charge in [-0.15, -0.1) is 0 Å². The van der Waals surface area contributed by atoms with Gasteiger partial charge in [0, 0.05) is 19.6 Å². The number of methoxy groups -OCH3 is 1. The zero-order valence-corrected chi connectivity index (χ0v) is 15.2. The molecule has 6 nitrogen and oxygen atoms in total. The molecule has 2 aromatic rings. The first kappa shape index (κ1) is 18.7. The second-order valence-electron chi connectivity index (χ2n) is 6.25. The predicted molar refractivity (Wildman–Crippen MR) is 100 cm³/mol. The maximum Gasteiger partial charge on any atom is 0.325 e. The molecule has 1 aliphatic rings. The molecule has 142 valence electrons. The molecule has 3 rings (SSSR count). The molecule has 1 heterocycles. The number of carbonyl (C=O) groups excluding carboxylic acids is 2. The summed E-state index contributed by atoms with van der Waals surface area (Å²) in [5.74, 6) is 0.124. The van der Waals surface area contributed by atoms with Gasteiger partial charge < -0.3 is 15.0 Å². The summed E-state index contributed by atoms with van der Waals surface area (Å²) in [4.78, 5) is 27.9. The van der Waals surface area contributed by atoms with Crippen LogP contribution in [0.15, 0.2) is 48.5 Å². The van der Waals surface area contributed by atoms with Gasteiger partial charge in [0.25, 0.3) is 0 Å². The quantitative estimate of drug-likeness (QED) is 0.813. The van der Waals surface area contributed by atoms with E-state index in [1.165, 1.54) is 17.0 Å². The van der Waals surface area contributed by atoms with Crippen molar-refractivity contribution >= 4 is 17.6 Å². The molecule has 2 aromatic carbocycles. The lowest BCUT2D eigenvalue weighted by atomic mass is 10.1. The minimum Gasteiger partial charge on any atom is -0.495 e. The van der Waals surface area contributed by atoms with E-state index in [1.807, 2.05) is 18.2 Å². The van der Waals surface area contributed by atoms with E-state index in [1.54, 1.807) is 30.2 Å². The minimum absolute atomic E-state index is 0.00784. The Morgan fingerprint density at radius 3 is 2.63 bits per heavy atom. The highest BCUT2D eigenvalue weighted by Crippen LogP contribution is 2.30. The van der Waals surface area contributed by atoms with Gasteiger partial charge in [-0.2, -0.15) is 0 Å². The summed E-state index contributed by atoms with van der Waals surface area (Å²) >= 11 is 0. The fourth-order valence-corrected chi connectivity index (χ4v) is 3.03. The summed E-state index contributed by atoms with van der Waals surface area (Å²) in [6, 6.07) is 13.3. The molecule has 0 aliphatic carbocycles. The predicted octanol–water partition coefficient (Wildman–Crippen LogP) is 2.44. The van der Waals surface area contributed by atoms with Gasteiger partial charge in [0.1, 0.15) is 18.1 Å². The average Bonchev–Trinajstić information content (AvgIpc) is 3.03. The number of hydrogen-bond donors (Lipinski definition) is 1. The van der Waals surface area contributed by atoms with Crippen LogP contribution in [0.5, 0.6) is 5.75 Å².